The van der Waals surface area contributed by atoms with Gasteiger partial charge in [0.2, 0.25) is 0 Å². The molecule has 0 heterocycles. The van der Waals surface area contributed by atoms with Gasteiger partial charge >= 0.3 is 5.97 Å². The third kappa shape index (κ3) is 2.85. The highest BCUT2D eigenvalue weighted by atomic mass is 16.5. The monoisotopic (exact) mass is 217 g/mol. The van der Waals surface area contributed by atoms with Crippen LogP contribution in [0.1, 0.15) is 27.9 Å². The van der Waals surface area contributed by atoms with Crippen LogP contribution >= 0.6 is 0 Å². The van der Waals surface area contributed by atoms with Crippen LogP contribution in [-0.2, 0) is 4.74 Å². The van der Waals surface area contributed by atoms with Crippen molar-refractivity contribution in [3.8, 4) is 11.8 Å². The summed E-state index contributed by atoms with van der Waals surface area (Å²) >= 11 is 0. The number of carbonyl (C=O) groups is 1. The standard InChI is InChI=1S/C13H15NO2/c1-10-11(6-3-4-9-14)7-5-8-12(10)13(15)16-2/h5,7-8H,4,9,14H2,1-2H3. The van der Waals surface area contributed by atoms with Crippen molar-refractivity contribution >= 4 is 5.97 Å². The van der Waals surface area contributed by atoms with Gasteiger partial charge in [-0.1, -0.05) is 17.9 Å². The van der Waals surface area contributed by atoms with E-state index in [2.05, 4.69) is 11.8 Å². The Bertz CT molecular complexity index is 441. The van der Waals surface area contributed by atoms with Crippen LogP contribution in [0.4, 0.5) is 0 Å². The number of ether oxygens (including phenoxy) is 1. The van der Waals surface area contributed by atoms with Gasteiger partial charge in [0.05, 0.1) is 12.7 Å². The SMILES string of the molecule is COC(=O)c1cccc(C#CCCN)c1C. The van der Waals surface area contributed by atoms with Crippen LogP contribution in [-0.4, -0.2) is 19.6 Å². The Morgan fingerprint density at radius 2 is 2.25 bits per heavy atom. The average Bonchev–Trinajstić information content (AvgIpc) is 2.30. The average molecular weight is 217 g/mol. The first-order valence-corrected chi connectivity index (χ1v) is 5.07. The molecular weight excluding hydrogens is 202 g/mol. The van der Waals surface area contributed by atoms with Crippen molar-refractivity contribution < 1.29 is 9.53 Å². The summed E-state index contributed by atoms with van der Waals surface area (Å²) < 4.78 is 4.69. The molecule has 0 amide bonds. The topological polar surface area (TPSA) is 52.3 Å². The van der Waals surface area contributed by atoms with Crippen LogP contribution in [0.2, 0.25) is 0 Å². The van der Waals surface area contributed by atoms with Crippen LogP contribution in [0.5, 0.6) is 0 Å². The molecule has 0 fully saturated rings. The van der Waals surface area contributed by atoms with E-state index in [-0.39, 0.29) is 5.97 Å². The molecule has 0 spiro atoms. The molecule has 0 saturated heterocycles. The summed E-state index contributed by atoms with van der Waals surface area (Å²) in [5.41, 5.74) is 7.60. The minimum atomic E-state index is -0.333. The largest absolute Gasteiger partial charge is 0.465 e. The zero-order valence-electron chi connectivity index (χ0n) is 9.54. The predicted molar refractivity (Wildman–Crippen MR) is 63.1 cm³/mol. The number of rotatable bonds is 2. The molecule has 0 aliphatic heterocycles. The fraction of sp³-hybridized carbons (Fsp3) is 0.308. The molecule has 1 rings (SSSR count). The number of esters is 1. The molecule has 3 nitrogen and oxygen atoms in total. The van der Waals surface area contributed by atoms with Gasteiger partial charge < -0.3 is 10.5 Å². The first-order valence-electron chi connectivity index (χ1n) is 5.07. The van der Waals surface area contributed by atoms with Gasteiger partial charge in [0.15, 0.2) is 0 Å². The van der Waals surface area contributed by atoms with Crippen LogP contribution in [0.15, 0.2) is 18.2 Å². The van der Waals surface area contributed by atoms with Crippen LogP contribution in [0, 0.1) is 18.8 Å². The number of carbonyl (C=O) groups excluding carboxylic acids is 1. The molecule has 0 bridgehead atoms. The van der Waals surface area contributed by atoms with Crippen molar-refractivity contribution in [2.45, 2.75) is 13.3 Å². The predicted octanol–water partition coefficient (Wildman–Crippen LogP) is 1.48. The third-order valence-corrected chi connectivity index (χ3v) is 2.23. The fourth-order valence-corrected chi connectivity index (χ4v) is 1.33. The molecule has 0 aliphatic rings. The molecule has 1 aromatic rings. The Morgan fingerprint density at radius 3 is 2.88 bits per heavy atom. The Morgan fingerprint density at radius 1 is 1.50 bits per heavy atom. The lowest BCUT2D eigenvalue weighted by atomic mass is 10.0. The van der Waals surface area contributed by atoms with Crippen LogP contribution in [0.3, 0.4) is 0 Å². The minimum Gasteiger partial charge on any atom is -0.465 e. The maximum atomic E-state index is 11.4. The van der Waals surface area contributed by atoms with Gasteiger partial charge in [-0.3, -0.25) is 0 Å². The second-order valence-corrected chi connectivity index (χ2v) is 3.31. The molecule has 84 valence electrons. The van der Waals surface area contributed by atoms with E-state index in [0.29, 0.717) is 18.5 Å². The first kappa shape index (κ1) is 12.3. The third-order valence-electron chi connectivity index (χ3n) is 2.23. The Balaban J connectivity index is 3.05. The number of nitrogens with two attached hydrogens (primary N) is 1. The summed E-state index contributed by atoms with van der Waals surface area (Å²) in [5.74, 6) is 5.61. The van der Waals surface area contributed by atoms with E-state index in [9.17, 15) is 4.79 Å². The van der Waals surface area contributed by atoms with Crippen molar-refractivity contribution in [3.63, 3.8) is 0 Å². The van der Waals surface area contributed by atoms with Crippen molar-refractivity contribution in [2.24, 2.45) is 5.73 Å². The number of hydrogen-bond acceptors (Lipinski definition) is 3. The van der Waals surface area contributed by atoms with E-state index < -0.39 is 0 Å². The number of hydrogen-bond donors (Lipinski definition) is 1. The fourth-order valence-electron chi connectivity index (χ4n) is 1.33. The molecule has 0 radical (unpaired) electrons. The smallest absolute Gasteiger partial charge is 0.338 e. The lowest BCUT2D eigenvalue weighted by Gasteiger charge is -2.05. The van der Waals surface area contributed by atoms with Gasteiger partial charge in [-0.2, -0.15) is 0 Å². The molecule has 0 aliphatic carbocycles. The summed E-state index contributed by atoms with van der Waals surface area (Å²) in [6, 6.07) is 5.41. The maximum absolute atomic E-state index is 11.4. The van der Waals surface area contributed by atoms with Crippen molar-refractivity contribution in [3.05, 3.63) is 34.9 Å². The Hall–Kier alpha value is -1.79. The molecule has 2 N–H and O–H groups in total. The lowest BCUT2D eigenvalue weighted by molar-refractivity contribution is 0.0600. The van der Waals surface area contributed by atoms with Crippen molar-refractivity contribution in [1.82, 2.24) is 0 Å². The van der Waals surface area contributed by atoms with E-state index in [1.54, 1.807) is 12.1 Å². The van der Waals surface area contributed by atoms with E-state index >= 15 is 0 Å². The quantitative estimate of drug-likeness (QED) is 0.603. The highest BCUT2D eigenvalue weighted by molar-refractivity contribution is 5.91. The van der Waals surface area contributed by atoms with Gasteiger partial charge in [0.1, 0.15) is 0 Å². The van der Waals surface area contributed by atoms with Gasteiger partial charge in [-0.25, -0.2) is 4.79 Å². The zero-order valence-corrected chi connectivity index (χ0v) is 9.54. The molecular formula is C13H15NO2. The number of methoxy groups -OCH3 is 1. The van der Waals surface area contributed by atoms with E-state index in [1.165, 1.54) is 7.11 Å². The van der Waals surface area contributed by atoms with Gasteiger partial charge in [0.25, 0.3) is 0 Å². The molecule has 16 heavy (non-hydrogen) atoms. The summed E-state index contributed by atoms with van der Waals surface area (Å²) in [5, 5.41) is 0. The summed E-state index contributed by atoms with van der Waals surface area (Å²) in [6.07, 6.45) is 0.655. The van der Waals surface area contributed by atoms with E-state index in [1.807, 2.05) is 13.0 Å². The second-order valence-electron chi connectivity index (χ2n) is 3.31. The molecule has 3 heteroatoms. The van der Waals surface area contributed by atoms with Gasteiger partial charge in [0, 0.05) is 18.5 Å². The maximum Gasteiger partial charge on any atom is 0.338 e. The highest BCUT2D eigenvalue weighted by Crippen LogP contribution is 2.13. The molecule has 0 aromatic heterocycles. The lowest BCUT2D eigenvalue weighted by Crippen LogP contribution is -2.04. The first-order chi connectivity index (χ1) is 7.70. The van der Waals surface area contributed by atoms with Crippen LogP contribution in [0.25, 0.3) is 0 Å². The highest BCUT2D eigenvalue weighted by Gasteiger charge is 2.10. The van der Waals surface area contributed by atoms with E-state index in [0.717, 1.165) is 11.1 Å². The molecule has 0 unspecified atom stereocenters. The summed E-state index contributed by atoms with van der Waals surface area (Å²) in [4.78, 5) is 11.4. The van der Waals surface area contributed by atoms with Crippen molar-refractivity contribution in [2.75, 3.05) is 13.7 Å². The van der Waals surface area contributed by atoms with E-state index in [4.69, 9.17) is 10.5 Å². The Kier molecular flexibility index (Phi) is 4.56. The minimum absolute atomic E-state index is 0.333. The molecule has 1 aromatic carbocycles. The van der Waals surface area contributed by atoms with Gasteiger partial charge in [-0.15, -0.1) is 0 Å². The second kappa shape index (κ2) is 5.94. The number of benzene rings is 1. The van der Waals surface area contributed by atoms with Gasteiger partial charge in [-0.05, 0) is 24.6 Å². The van der Waals surface area contributed by atoms with Crippen molar-refractivity contribution in [1.29, 1.82) is 0 Å². The van der Waals surface area contributed by atoms with Crippen LogP contribution < -0.4 is 5.73 Å². The molecule has 0 saturated carbocycles. The summed E-state index contributed by atoms with van der Waals surface area (Å²) in [6.45, 7) is 2.40. The zero-order chi connectivity index (χ0) is 12.0. The molecule has 0 atom stereocenters. The summed E-state index contributed by atoms with van der Waals surface area (Å²) in [7, 11) is 1.37. The normalized spacial score (nSPS) is 9.19. The Labute approximate surface area is 95.6 Å².